The molecule has 0 saturated carbocycles. The summed E-state index contributed by atoms with van der Waals surface area (Å²) in [6.07, 6.45) is 1.46. The Bertz CT molecular complexity index is 970. The van der Waals surface area contributed by atoms with Gasteiger partial charge >= 0.3 is 11.9 Å². The second-order valence-corrected chi connectivity index (χ2v) is 9.11. The van der Waals surface area contributed by atoms with Gasteiger partial charge in [0.05, 0.1) is 23.1 Å². The highest BCUT2D eigenvalue weighted by atomic mass is 35.5. The molecule has 0 N–H and O–H groups in total. The van der Waals surface area contributed by atoms with Crippen LogP contribution in [-0.4, -0.2) is 60.0 Å². The summed E-state index contributed by atoms with van der Waals surface area (Å²) >= 11 is 7.02. The molecule has 1 fully saturated rings. The van der Waals surface area contributed by atoms with Crippen LogP contribution in [0.1, 0.15) is 40.2 Å². The SMILES string of the molecule is CCOC(=O)COc1c(Cl)cc(C=C2SC(=O)N(CC(=O)OC(C)(C)C)C2=O)cc1OCC. The Balaban J connectivity index is 2.23. The van der Waals surface area contributed by atoms with E-state index in [1.54, 1.807) is 40.7 Å². The summed E-state index contributed by atoms with van der Waals surface area (Å²) in [6, 6.07) is 3.07. The van der Waals surface area contributed by atoms with E-state index >= 15 is 0 Å². The number of hydrogen-bond acceptors (Lipinski definition) is 9. The predicted molar refractivity (Wildman–Crippen MR) is 123 cm³/mol. The van der Waals surface area contributed by atoms with E-state index in [4.69, 9.17) is 30.5 Å². The Labute approximate surface area is 201 Å². The molecule has 1 aliphatic heterocycles. The van der Waals surface area contributed by atoms with E-state index in [1.165, 1.54) is 12.1 Å². The molecule has 1 aromatic rings. The highest BCUT2D eigenvalue weighted by Gasteiger charge is 2.37. The van der Waals surface area contributed by atoms with Crippen LogP contribution in [-0.2, 0) is 23.9 Å². The molecule has 0 aliphatic carbocycles. The van der Waals surface area contributed by atoms with Crippen LogP contribution in [0, 0.1) is 0 Å². The summed E-state index contributed by atoms with van der Waals surface area (Å²) in [5.41, 5.74) is -0.271. The number of ether oxygens (including phenoxy) is 4. The molecule has 2 amide bonds. The number of esters is 2. The van der Waals surface area contributed by atoms with Gasteiger partial charge in [-0.1, -0.05) is 11.6 Å². The molecule has 180 valence electrons. The molecule has 33 heavy (non-hydrogen) atoms. The van der Waals surface area contributed by atoms with Gasteiger partial charge in [0.25, 0.3) is 11.1 Å². The van der Waals surface area contributed by atoms with Crippen LogP contribution in [0.25, 0.3) is 6.08 Å². The molecule has 1 aromatic carbocycles. The third-order valence-electron chi connectivity index (χ3n) is 3.85. The standard InChI is InChI=1S/C22H26ClNO8S/c1-6-29-15-9-13(8-14(23)19(15)31-12-18(26)30-7-2)10-16-20(27)24(21(28)33-16)11-17(25)32-22(3,4)5/h8-10H,6-7,11-12H2,1-5H3. The highest BCUT2D eigenvalue weighted by molar-refractivity contribution is 8.18. The number of benzene rings is 1. The average Bonchev–Trinajstić information content (AvgIpc) is 2.93. The molecule has 1 aliphatic rings. The lowest BCUT2D eigenvalue weighted by atomic mass is 10.1. The van der Waals surface area contributed by atoms with Crippen molar-refractivity contribution in [1.82, 2.24) is 4.90 Å². The second kappa shape index (κ2) is 11.4. The Morgan fingerprint density at radius 3 is 2.39 bits per heavy atom. The smallest absolute Gasteiger partial charge is 0.344 e. The summed E-state index contributed by atoms with van der Waals surface area (Å²) in [5, 5.41) is -0.438. The van der Waals surface area contributed by atoms with Gasteiger partial charge in [-0.2, -0.15) is 0 Å². The van der Waals surface area contributed by atoms with Crippen LogP contribution in [0.2, 0.25) is 5.02 Å². The van der Waals surface area contributed by atoms with Crippen LogP contribution >= 0.6 is 23.4 Å². The van der Waals surface area contributed by atoms with Crippen LogP contribution in [0.3, 0.4) is 0 Å². The average molecular weight is 500 g/mol. The Kier molecular flexibility index (Phi) is 9.18. The van der Waals surface area contributed by atoms with Crippen molar-refractivity contribution in [3.05, 3.63) is 27.6 Å². The Hall–Kier alpha value is -2.72. The van der Waals surface area contributed by atoms with E-state index in [1.807, 2.05) is 0 Å². The largest absolute Gasteiger partial charge is 0.490 e. The number of amides is 2. The summed E-state index contributed by atoms with van der Waals surface area (Å²) in [7, 11) is 0. The van der Waals surface area contributed by atoms with Gasteiger partial charge in [0.15, 0.2) is 18.1 Å². The number of thioether (sulfide) groups is 1. The first kappa shape index (κ1) is 26.5. The summed E-state index contributed by atoms with van der Waals surface area (Å²) in [5.74, 6) is -1.45. The molecule has 0 aromatic heterocycles. The van der Waals surface area contributed by atoms with Crippen molar-refractivity contribution in [2.24, 2.45) is 0 Å². The molecule has 9 nitrogen and oxygen atoms in total. The Morgan fingerprint density at radius 2 is 1.79 bits per heavy atom. The minimum Gasteiger partial charge on any atom is -0.490 e. The first-order valence-electron chi connectivity index (χ1n) is 10.2. The van der Waals surface area contributed by atoms with Crippen molar-refractivity contribution >= 4 is 52.5 Å². The van der Waals surface area contributed by atoms with E-state index in [0.717, 1.165) is 4.90 Å². The molecule has 0 bridgehead atoms. The lowest BCUT2D eigenvalue weighted by Crippen LogP contribution is -2.37. The van der Waals surface area contributed by atoms with Crippen LogP contribution in [0.15, 0.2) is 17.0 Å². The van der Waals surface area contributed by atoms with Gasteiger partial charge < -0.3 is 18.9 Å². The van der Waals surface area contributed by atoms with Crippen molar-refractivity contribution < 1.29 is 38.1 Å². The van der Waals surface area contributed by atoms with Crippen molar-refractivity contribution in [3.63, 3.8) is 0 Å². The van der Waals surface area contributed by atoms with Crippen LogP contribution in [0.4, 0.5) is 4.79 Å². The van der Waals surface area contributed by atoms with Gasteiger partial charge in [-0.3, -0.25) is 19.3 Å². The number of rotatable bonds is 9. The zero-order valence-electron chi connectivity index (χ0n) is 19.1. The van der Waals surface area contributed by atoms with E-state index in [9.17, 15) is 19.2 Å². The van der Waals surface area contributed by atoms with Gasteiger partial charge in [0, 0.05) is 0 Å². The fraction of sp³-hybridized carbons (Fsp3) is 0.455. The first-order chi connectivity index (χ1) is 15.4. The van der Waals surface area contributed by atoms with Gasteiger partial charge in [-0.05, 0) is 70.2 Å². The maximum absolute atomic E-state index is 12.7. The highest BCUT2D eigenvalue weighted by Crippen LogP contribution is 2.39. The molecule has 1 saturated heterocycles. The number of halogens is 1. The molecule has 2 rings (SSSR count). The monoisotopic (exact) mass is 499 g/mol. The molecule has 0 atom stereocenters. The van der Waals surface area contributed by atoms with Gasteiger partial charge in [0.1, 0.15) is 12.1 Å². The first-order valence-corrected chi connectivity index (χ1v) is 11.4. The zero-order chi connectivity index (χ0) is 24.8. The fourth-order valence-electron chi connectivity index (χ4n) is 2.70. The fourth-order valence-corrected chi connectivity index (χ4v) is 3.81. The van der Waals surface area contributed by atoms with E-state index in [-0.39, 0.29) is 34.6 Å². The van der Waals surface area contributed by atoms with Crippen molar-refractivity contribution in [2.75, 3.05) is 26.4 Å². The van der Waals surface area contributed by atoms with Crippen LogP contribution < -0.4 is 9.47 Å². The molecule has 0 unspecified atom stereocenters. The summed E-state index contributed by atoms with van der Waals surface area (Å²) in [4.78, 5) is 49.6. The third-order valence-corrected chi connectivity index (χ3v) is 5.04. The maximum atomic E-state index is 12.7. The maximum Gasteiger partial charge on any atom is 0.344 e. The number of nitrogens with zero attached hydrogens (tertiary/aromatic N) is 1. The zero-order valence-corrected chi connectivity index (χ0v) is 20.6. The van der Waals surface area contributed by atoms with E-state index in [2.05, 4.69) is 0 Å². The minimum absolute atomic E-state index is 0.113. The number of hydrogen-bond donors (Lipinski definition) is 0. The lowest BCUT2D eigenvalue weighted by molar-refractivity contribution is -0.156. The molecule has 0 radical (unpaired) electrons. The number of carbonyl (C=O) groups is 4. The van der Waals surface area contributed by atoms with E-state index in [0.29, 0.717) is 23.9 Å². The molecule has 11 heteroatoms. The van der Waals surface area contributed by atoms with Gasteiger partial charge in [-0.25, -0.2) is 4.79 Å². The normalized spacial score (nSPS) is 15.1. The van der Waals surface area contributed by atoms with E-state index < -0.39 is 35.2 Å². The predicted octanol–water partition coefficient (Wildman–Crippen LogP) is 4.06. The van der Waals surface area contributed by atoms with Crippen LogP contribution in [0.5, 0.6) is 11.5 Å². The summed E-state index contributed by atoms with van der Waals surface area (Å²) < 4.78 is 21.0. The molecule has 1 heterocycles. The third kappa shape index (κ3) is 7.68. The lowest BCUT2D eigenvalue weighted by Gasteiger charge is -2.21. The molecular weight excluding hydrogens is 474 g/mol. The van der Waals surface area contributed by atoms with Gasteiger partial charge in [-0.15, -0.1) is 0 Å². The Morgan fingerprint density at radius 1 is 1.09 bits per heavy atom. The summed E-state index contributed by atoms with van der Waals surface area (Å²) in [6.45, 7) is 8.20. The van der Waals surface area contributed by atoms with Gasteiger partial charge in [0.2, 0.25) is 0 Å². The quantitative estimate of drug-likeness (QED) is 0.367. The number of carbonyl (C=O) groups excluding carboxylic acids is 4. The van der Waals surface area contributed by atoms with Crippen molar-refractivity contribution in [3.8, 4) is 11.5 Å². The minimum atomic E-state index is -0.738. The molecular formula is C22H26ClNO8S. The van der Waals surface area contributed by atoms with Crippen molar-refractivity contribution in [2.45, 2.75) is 40.2 Å². The molecule has 0 spiro atoms. The second-order valence-electron chi connectivity index (χ2n) is 7.71. The van der Waals surface area contributed by atoms with Crippen molar-refractivity contribution in [1.29, 1.82) is 0 Å². The topological polar surface area (TPSA) is 108 Å². The number of imide groups is 1.